The molecule has 3 N–H and O–H groups in total. The molecule has 12 heteroatoms. The Morgan fingerprint density at radius 1 is 1.32 bits per heavy atom. The van der Waals surface area contributed by atoms with E-state index in [0.29, 0.717) is 12.2 Å². The largest absolute Gasteiger partial charge is 0.383 e. The molecule has 0 spiro atoms. The van der Waals surface area contributed by atoms with Crippen molar-refractivity contribution in [1.82, 2.24) is 9.55 Å². The molecule has 1 aliphatic heterocycles. The lowest BCUT2D eigenvalue weighted by atomic mass is 10.1. The maximum absolute atomic E-state index is 12.6. The topological polar surface area (TPSA) is 127 Å². The number of nitrogen functional groups attached to an aromatic ring is 1. The highest BCUT2D eigenvalue weighted by atomic mass is 32.5. The van der Waals surface area contributed by atoms with Crippen molar-refractivity contribution >= 4 is 24.1 Å². The molecule has 0 aromatic carbocycles. The first-order valence-corrected chi connectivity index (χ1v) is 13.0. The van der Waals surface area contributed by atoms with E-state index >= 15 is 0 Å². The molecule has 0 amide bonds. The van der Waals surface area contributed by atoms with Gasteiger partial charge in [-0.1, -0.05) is 13.8 Å². The molecule has 1 aliphatic rings. The van der Waals surface area contributed by atoms with Gasteiger partial charge in [0.25, 0.3) is 0 Å². The lowest BCUT2D eigenvalue weighted by Gasteiger charge is -2.27. The van der Waals surface area contributed by atoms with Crippen LogP contribution in [0.15, 0.2) is 11.0 Å². The molecule has 1 aromatic rings. The second kappa shape index (κ2) is 11.3. The summed E-state index contributed by atoms with van der Waals surface area (Å²) >= 11 is 5.24. The Kier molecular flexibility index (Phi) is 9.59. The smallest absolute Gasteiger partial charge is 0.351 e. The Labute approximate surface area is 188 Å². The summed E-state index contributed by atoms with van der Waals surface area (Å²) in [7, 11) is 1.57. The first-order valence-electron chi connectivity index (χ1n) is 10.2. The fraction of sp³-hybridized carbons (Fsp3) is 0.789. The monoisotopic (exact) mass is 479 g/mol. The van der Waals surface area contributed by atoms with Crippen LogP contribution in [0, 0.1) is 6.92 Å². The van der Waals surface area contributed by atoms with E-state index in [2.05, 4.69) is 4.98 Å². The van der Waals surface area contributed by atoms with Gasteiger partial charge in [0, 0.05) is 24.5 Å². The highest BCUT2D eigenvalue weighted by Gasteiger charge is 2.48. The number of hydrogen-bond donors (Lipinski definition) is 2. The zero-order chi connectivity index (χ0) is 23.3. The van der Waals surface area contributed by atoms with Crippen molar-refractivity contribution in [2.45, 2.75) is 70.9 Å². The van der Waals surface area contributed by atoms with Crippen molar-refractivity contribution in [3.63, 3.8) is 0 Å². The minimum atomic E-state index is -3.00. The number of rotatable bonds is 11. The zero-order valence-electron chi connectivity index (χ0n) is 18.9. The maximum atomic E-state index is 12.6. The van der Waals surface area contributed by atoms with Gasteiger partial charge in [-0.25, -0.2) is 4.79 Å². The molecule has 5 unspecified atom stereocenters. The van der Waals surface area contributed by atoms with Crippen LogP contribution >= 0.6 is 6.49 Å². The second-order valence-corrected chi connectivity index (χ2v) is 12.0. The molecule has 0 aliphatic carbocycles. The van der Waals surface area contributed by atoms with Crippen LogP contribution in [0.3, 0.4) is 0 Å². The number of nitrogens with zero attached hydrogens (tertiary/aromatic N) is 2. The van der Waals surface area contributed by atoms with Gasteiger partial charge in [-0.05, 0) is 32.6 Å². The van der Waals surface area contributed by atoms with Gasteiger partial charge >= 0.3 is 5.69 Å². The summed E-state index contributed by atoms with van der Waals surface area (Å²) in [6, 6.07) is 0. The van der Waals surface area contributed by atoms with Crippen LogP contribution in [-0.2, 0) is 35.3 Å². The molecule has 178 valence electrons. The molecular weight excluding hydrogens is 445 g/mol. The Morgan fingerprint density at radius 3 is 2.58 bits per heavy atom. The van der Waals surface area contributed by atoms with Crippen LogP contribution < -0.4 is 11.4 Å². The number of hydrogen-bond acceptors (Lipinski definition) is 9. The molecule has 0 radical (unpaired) electrons. The minimum Gasteiger partial charge on any atom is -0.383 e. The van der Waals surface area contributed by atoms with Crippen LogP contribution in [0.25, 0.3) is 0 Å². The molecule has 1 aromatic heterocycles. The highest BCUT2D eigenvalue weighted by molar-refractivity contribution is 8.09. The van der Waals surface area contributed by atoms with Crippen molar-refractivity contribution in [2.24, 2.45) is 0 Å². The third-order valence-electron chi connectivity index (χ3n) is 4.84. The quantitative estimate of drug-likeness (QED) is 0.357. The van der Waals surface area contributed by atoms with Crippen molar-refractivity contribution in [2.75, 3.05) is 32.7 Å². The maximum Gasteiger partial charge on any atom is 0.351 e. The summed E-state index contributed by atoms with van der Waals surface area (Å²) in [6.07, 6.45) is -1.24. The van der Waals surface area contributed by atoms with Gasteiger partial charge in [0.2, 0.25) is 0 Å². The van der Waals surface area contributed by atoms with Crippen LogP contribution in [0.1, 0.15) is 39.5 Å². The summed E-state index contributed by atoms with van der Waals surface area (Å²) < 4.78 is 30.4. The number of aromatic nitrogens is 2. The summed E-state index contributed by atoms with van der Waals surface area (Å²) in [5.41, 5.74) is 5.64. The van der Waals surface area contributed by atoms with E-state index in [1.165, 1.54) is 4.57 Å². The zero-order valence-corrected chi connectivity index (χ0v) is 20.6. The molecule has 2 heterocycles. The van der Waals surface area contributed by atoms with Gasteiger partial charge in [-0.3, -0.25) is 4.57 Å². The number of ether oxygens (including phenoxy) is 4. The average Bonchev–Trinajstić information content (AvgIpc) is 3.00. The number of nitrogens with two attached hydrogens (primary N) is 1. The molecule has 0 bridgehead atoms. The van der Waals surface area contributed by atoms with E-state index < -0.39 is 36.7 Å². The lowest BCUT2D eigenvalue weighted by molar-refractivity contribution is -0.102. The lowest BCUT2D eigenvalue weighted by Crippen LogP contribution is -2.41. The second-order valence-electron chi connectivity index (χ2n) is 8.00. The molecule has 31 heavy (non-hydrogen) atoms. The summed E-state index contributed by atoms with van der Waals surface area (Å²) in [6.45, 7) is 6.78. The number of aryl methyl sites for hydroxylation is 1. The van der Waals surface area contributed by atoms with Crippen molar-refractivity contribution in [3.05, 3.63) is 22.2 Å². The standard InChI is InChI=1S/C19H34N3O7PS/c1-11(2)28-15-14(10-27-30(24,31)12(3)4)29-18(16(15)26-8-7-25-6)22-9-13(5)17(20)21-19(22)23/h9,11-12,14-16,18H,7-8,10H2,1-6H3,(H,24,31)(H2,20,21,23). The molecule has 0 saturated carbocycles. The van der Waals surface area contributed by atoms with Crippen LogP contribution in [0.5, 0.6) is 0 Å². The van der Waals surface area contributed by atoms with Crippen molar-refractivity contribution in [1.29, 1.82) is 0 Å². The first-order chi connectivity index (χ1) is 14.5. The van der Waals surface area contributed by atoms with E-state index in [1.54, 1.807) is 34.1 Å². The van der Waals surface area contributed by atoms with Gasteiger partial charge in [0.15, 0.2) is 12.7 Å². The number of anilines is 1. The summed E-state index contributed by atoms with van der Waals surface area (Å²) in [4.78, 5) is 26.9. The Bertz CT molecular complexity index is 835. The Balaban J connectivity index is 2.39. The minimum absolute atomic E-state index is 0.000115. The SMILES string of the molecule is COCCOC1C(OC(C)C)C(COP(O)(=S)C(C)C)OC1n1cc(C)c(N)nc1=O. The molecule has 2 rings (SSSR count). The molecular formula is C19H34N3O7PS. The predicted octanol–water partition coefficient (Wildman–Crippen LogP) is 1.58. The average molecular weight is 480 g/mol. The van der Waals surface area contributed by atoms with Crippen LogP contribution in [-0.4, -0.2) is 71.4 Å². The fourth-order valence-corrected chi connectivity index (χ4v) is 3.92. The van der Waals surface area contributed by atoms with Gasteiger partial charge in [0.1, 0.15) is 24.1 Å². The van der Waals surface area contributed by atoms with Crippen LogP contribution in [0.4, 0.5) is 5.82 Å². The van der Waals surface area contributed by atoms with Crippen molar-refractivity contribution in [3.8, 4) is 0 Å². The van der Waals surface area contributed by atoms with E-state index in [9.17, 15) is 9.69 Å². The summed E-state index contributed by atoms with van der Waals surface area (Å²) in [5.74, 6) is 0.156. The van der Waals surface area contributed by atoms with E-state index in [1.807, 2.05) is 13.8 Å². The van der Waals surface area contributed by atoms with Gasteiger partial charge in [0.05, 0.1) is 25.9 Å². The van der Waals surface area contributed by atoms with E-state index in [-0.39, 0.29) is 30.8 Å². The first kappa shape index (κ1) is 26.3. The number of methoxy groups -OCH3 is 1. The Morgan fingerprint density at radius 2 is 2.00 bits per heavy atom. The highest BCUT2D eigenvalue weighted by Crippen LogP contribution is 2.48. The van der Waals surface area contributed by atoms with Crippen molar-refractivity contribution < 1.29 is 28.4 Å². The molecule has 1 saturated heterocycles. The Hall–Kier alpha value is -0.910. The van der Waals surface area contributed by atoms with Gasteiger partial charge < -0.3 is 34.1 Å². The van der Waals surface area contributed by atoms with E-state index in [4.69, 9.17) is 41.0 Å². The molecule has 1 fully saturated rings. The normalized spacial score (nSPS) is 26.0. The molecule has 10 nitrogen and oxygen atoms in total. The molecule has 5 atom stereocenters. The third-order valence-corrected chi connectivity index (χ3v) is 8.24. The van der Waals surface area contributed by atoms with E-state index in [0.717, 1.165) is 0 Å². The predicted molar refractivity (Wildman–Crippen MR) is 121 cm³/mol. The third kappa shape index (κ3) is 6.79. The van der Waals surface area contributed by atoms with Gasteiger partial charge in [-0.2, -0.15) is 4.98 Å². The fourth-order valence-electron chi connectivity index (χ4n) is 3.08. The van der Waals surface area contributed by atoms with Gasteiger partial charge in [-0.15, -0.1) is 0 Å². The summed E-state index contributed by atoms with van der Waals surface area (Å²) in [5, 5.41) is 0. The van der Waals surface area contributed by atoms with Crippen LogP contribution in [0.2, 0.25) is 0 Å².